The van der Waals surface area contributed by atoms with Crippen LogP contribution in [0.4, 0.5) is 0 Å². The molecule has 1 aromatic heterocycles. The molecule has 100 valence electrons. The average Bonchev–Trinajstić information content (AvgIpc) is 2.40. The Balaban J connectivity index is 2.15. The highest BCUT2D eigenvalue weighted by atomic mass is 79.9. The highest BCUT2D eigenvalue weighted by molar-refractivity contribution is 9.10. The van der Waals surface area contributed by atoms with E-state index in [0.717, 1.165) is 10.2 Å². The van der Waals surface area contributed by atoms with E-state index < -0.39 is 0 Å². The van der Waals surface area contributed by atoms with E-state index in [2.05, 4.69) is 77.3 Å². The van der Waals surface area contributed by atoms with Gasteiger partial charge >= 0.3 is 0 Å². The summed E-state index contributed by atoms with van der Waals surface area (Å²) in [7, 11) is 0. The van der Waals surface area contributed by atoms with Gasteiger partial charge < -0.3 is 0 Å². The predicted molar refractivity (Wildman–Crippen MR) is 83.0 cm³/mol. The van der Waals surface area contributed by atoms with Gasteiger partial charge in [0, 0.05) is 22.3 Å². The molecule has 0 aliphatic carbocycles. The molecular formula is C16H19BrN2. The zero-order valence-electron chi connectivity index (χ0n) is 11.5. The third-order valence-corrected chi connectivity index (χ3v) is 3.80. The quantitative estimate of drug-likeness (QED) is 0.902. The Morgan fingerprint density at radius 1 is 1.11 bits per heavy atom. The average molecular weight is 319 g/mol. The fraction of sp³-hybridized carbons (Fsp3) is 0.312. The SMILES string of the molecule is CC(NC(C)(C)c1ccc(Br)cc1)c1ccccn1. The number of rotatable bonds is 4. The summed E-state index contributed by atoms with van der Waals surface area (Å²) in [5, 5.41) is 3.63. The lowest BCUT2D eigenvalue weighted by atomic mass is 9.93. The number of pyridine rings is 1. The summed E-state index contributed by atoms with van der Waals surface area (Å²) < 4.78 is 1.10. The van der Waals surface area contributed by atoms with Crippen LogP contribution in [0.25, 0.3) is 0 Å². The summed E-state index contributed by atoms with van der Waals surface area (Å²) in [5.41, 5.74) is 2.23. The van der Waals surface area contributed by atoms with Crippen LogP contribution in [0, 0.1) is 0 Å². The van der Waals surface area contributed by atoms with Crippen LogP contribution in [0.5, 0.6) is 0 Å². The molecule has 0 bridgehead atoms. The molecule has 1 atom stereocenters. The molecule has 1 heterocycles. The molecule has 19 heavy (non-hydrogen) atoms. The lowest BCUT2D eigenvalue weighted by molar-refractivity contribution is 0.354. The molecule has 0 fully saturated rings. The number of nitrogens with one attached hydrogen (secondary N) is 1. The van der Waals surface area contributed by atoms with E-state index in [9.17, 15) is 0 Å². The Morgan fingerprint density at radius 3 is 2.37 bits per heavy atom. The van der Waals surface area contributed by atoms with E-state index >= 15 is 0 Å². The second kappa shape index (κ2) is 5.85. The Hall–Kier alpha value is -1.19. The fourth-order valence-corrected chi connectivity index (χ4v) is 2.46. The lowest BCUT2D eigenvalue weighted by Gasteiger charge is -2.30. The normalized spacial score (nSPS) is 13.3. The molecular weight excluding hydrogens is 300 g/mol. The second-order valence-electron chi connectivity index (χ2n) is 5.25. The molecule has 1 aromatic carbocycles. The molecule has 0 aliphatic rings. The number of aromatic nitrogens is 1. The van der Waals surface area contributed by atoms with E-state index in [1.807, 2.05) is 18.3 Å². The van der Waals surface area contributed by atoms with Gasteiger partial charge in [0.25, 0.3) is 0 Å². The maximum atomic E-state index is 4.40. The van der Waals surface area contributed by atoms with Crippen molar-refractivity contribution in [3.8, 4) is 0 Å². The van der Waals surface area contributed by atoms with Crippen molar-refractivity contribution in [3.63, 3.8) is 0 Å². The smallest absolute Gasteiger partial charge is 0.0570 e. The maximum absolute atomic E-state index is 4.40. The number of hydrogen-bond acceptors (Lipinski definition) is 2. The highest BCUT2D eigenvalue weighted by Crippen LogP contribution is 2.25. The van der Waals surface area contributed by atoms with Crippen molar-refractivity contribution in [3.05, 3.63) is 64.4 Å². The van der Waals surface area contributed by atoms with Crippen LogP contribution in [0.15, 0.2) is 53.1 Å². The van der Waals surface area contributed by atoms with Gasteiger partial charge in [-0.05, 0) is 50.6 Å². The van der Waals surface area contributed by atoms with E-state index in [4.69, 9.17) is 0 Å². The number of halogens is 1. The Labute approximate surface area is 123 Å². The van der Waals surface area contributed by atoms with Gasteiger partial charge in [0.05, 0.1) is 5.69 Å². The molecule has 2 rings (SSSR count). The zero-order chi connectivity index (χ0) is 13.9. The largest absolute Gasteiger partial charge is 0.300 e. The van der Waals surface area contributed by atoms with Crippen molar-refractivity contribution in [2.24, 2.45) is 0 Å². The van der Waals surface area contributed by atoms with Crippen molar-refractivity contribution in [1.29, 1.82) is 0 Å². The Morgan fingerprint density at radius 2 is 1.79 bits per heavy atom. The van der Waals surface area contributed by atoms with Crippen molar-refractivity contribution in [2.45, 2.75) is 32.4 Å². The fourth-order valence-electron chi connectivity index (χ4n) is 2.20. The third-order valence-electron chi connectivity index (χ3n) is 3.27. The summed E-state index contributed by atoms with van der Waals surface area (Å²) in [6.07, 6.45) is 1.83. The van der Waals surface area contributed by atoms with Crippen LogP contribution in [-0.2, 0) is 5.54 Å². The molecule has 0 radical (unpaired) electrons. The summed E-state index contributed by atoms with van der Waals surface area (Å²) >= 11 is 3.47. The lowest BCUT2D eigenvalue weighted by Crippen LogP contribution is -2.38. The van der Waals surface area contributed by atoms with Gasteiger partial charge in [0.2, 0.25) is 0 Å². The van der Waals surface area contributed by atoms with Crippen LogP contribution in [0.3, 0.4) is 0 Å². The number of nitrogens with zero attached hydrogens (tertiary/aromatic N) is 1. The van der Waals surface area contributed by atoms with Crippen molar-refractivity contribution in [1.82, 2.24) is 10.3 Å². The van der Waals surface area contributed by atoms with E-state index in [0.29, 0.717) is 0 Å². The van der Waals surface area contributed by atoms with Crippen LogP contribution in [0.1, 0.15) is 38.1 Å². The molecule has 3 heteroatoms. The molecule has 0 amide bonds. The monoisotopic (exact) mass is 318 g/mol. The van der Waals surface area contributed by atoms with Crippen molar-refractivity contribution >= 4 is 15.9 Å². The van der Waals surface area contributed by atoms with Crippen molar-refractivity contribution < 1.29 is 0 Å². The Bertz CT molecular complexity index is 520. The standard InChI is InChI=1S/C16H19BrN2/c1-12(15-6-4-5-11-18-15)19-16(2,3)13-7-9-14(17)10-8-13/h4-12,19H,1-3H3. The highest BCUT2D eigenvalue weighted by Gasteiger charge is 2.23. The first-order valence-electron chi connectivity index (χ1n) is 6.44. The second-order valence-corrected chi connectivity index (χ2v) is 6.17. The first-order chi connectivity index (χ1) is 8.99. The van der Waals surface area contributed by atoms with Gasteiger partial charge in [-0.1, -0.05) is 34.1 Å². The van der Waals surface area contributed by atoms with Gasteiger partial charge in [0.15, 0.2) is 0 Å². The minimum Gasteiger partial charge on any atom is -0.300 e. The van der Waals surface area contributed by atoms with Gasteiger partial charge in [-0.15, -0.1) is 0 Å². The van der Waals surface area contributed by atoms with Crippen LogP contribution in [-0.4, -0.2) is 4.98 Å². The summed E-state index contributed by atoms with van der Waals surface area (Å²) in [5.74, 6) is 0. The molecule has 1 unspecified atom stereocenters. The van der Waals surface area contributed by atoms with Crippen LogP contribution in [0.2, 0.25) is 0 Å². The molecule has 0 spiro atoms. The first kappa shape index (κ1) is 14.2. The minimum atomic E-state index is -0.0996. The zero-order valence-corrected chi connectivity index (χ0v) is 13.1. The molecule has 0 saturated heterocycles. The predicted octanol–water partition coefficient (Wildman–Crippen LogP) is 4.43. The van der Waals surface area contributed by atoms with Crippen LogP contribution < -0.4 is 5.32 Å². The van der Waals surface area contributed by atoms with Gasteiger partial charge in [-0.25, -0.2) is 0 Å². The molecule has 0 saturated carbocycles. The topological polar surface area (TPSA) is 24.9 Å². The first-order valence-corrected chi connectivity index (χ1v) is 7.23. The van der Waals surface area contributed by atoms with Gasteiger partial charge in [0.1, 0.15) is 0 Å². The van der Waals surface area contributed by atoms with E-state index in [-0.39, 0.29) is 11.6 Å². The maximum Gasteiger partial charge on any atom is 0.0570 e. The minimum absolute atomic E-state index is 0.0996. The number of hydrogen-bond donors (Lipinski definition) is 1. The summed E-state index contributed by atoms with van der Waals surface area (Å²) in [6, 6.07) is 14.7. The van der Waals surface area contributed by atoms with E-state index in [1.54, 1.807) is 0 Å². The number of benzene rings is 1. The molecule has 2 nitrogen and oxygen atoms in total. The van der Waals surface area contributed by atoms with E-state index in [1.165, 1.54) is 5.56 Å². The summed E-state index contributed by atoms with van der Waals surface area (Å²) in [6.45, 7) is 6.52. The Kier molecular flexibility index (Phi) is 4.38. The van der Waals surface area contributed by atoms with Crippen molar-refractivity contribution in [2.75, 3.05) is 0 Å². The molecule has 1 N–H and O–H groups in total. The van der Waals surface area contributed by atoms with Gasteiger partial charge in [-0.3, -0.25) is 10.3 Å². The summed E-state index contributed by atoms with van der Waals surface area (Å²) in [4.78, 5) is 4.40. The molecule has 2 aromatic rings. The third kappa shape index (κ3) is 3.64. The van der Waals surface area contributed by atoms with Gasteiger partial charge in [-0.2, -0.15) is 0 Å². The molecule has 0 aliphatic heterocycles. The van der Waals surface area contributed by atoms with Crippen LogP contribution >= 0.6 is 15.9 Å².